The van der Waals surface area contributed by atoms with Crippen LogP contribution in [0.25, 0.3) is 10.9 Å². The SMILES string of the molecule is CNC(=O)CCn1ccc2ccc(Nc3nc(F)ncc3Cl)cc21. The molecule has 6 nitrogen and oxygen atoms in total. The monoisotopic (exact) mass is 347 g/mol. The fraction of sp³-hybridized carbons (Fsp3) is 0.188. The number of fused-ring (bicyclic) bond motifs is 1. The Morgan fingerprint density at radius 3 is 3.00 bits per heavy atom. The van der Waals surface area contributed by atoms with Gasteiger partial charge in [0.1, 0.15) is 5.02 Å². The normalized spacial score (nSPS) is 10.8. The number of carbonyl (C=O) groups excluding carboxylic acids is 1. The fourth-order valence-corrected chi connectivity index (χ4v) is 2.51. The molecule has 2 aromatic heterocycles. The van der Waals surface area contributed by atoms with Crippen molar-refractivity contribution < 1.29 is 9.18 Å². The highest BCUT2D eigenvalue weighted by molar-refractivity contribution is 6.32. The van der Waals surface area contributed by atoms with Crippen LogP contribution in [-0.2, 0) is 11.3 Å². The summed E-state index contributed by atoms with van der Waals surface area (Å²) < 4.78 is 15.1. The molecule has 0 atom stereocenters. The molecule has 1 aromatic carbocycles. The summed E-state index contributed by atoms with van der Waals surface area (Å²) in [5.74, 6) is 0.182. The van der Waals surface area contributed by atoms with Gasteiger partial charge in [-0.25, -0.2) is 4.98 Å². The molecule has 1 amide bonds. The first-order valence-electron chi connectivity index (χ1n) is 7.31. The molecule has 0 unspecified atom stereocenters. The molecule has 2 N–H and O–H groups in total. The van der Waals surface area contributed by atoms with Crippen LogP contribution in [0, 0.1) is 6.08 Å². The highest BCUT2D eigenvalue weighted by Gasteiger charge is 2.08. The second-order valence-electron chi connectivity index (χ2n) is 5.17. The largest absolute Gasteiger partial charge is 0.359 e. The number of hydrogen-bond acceptors (Lipinski definition) is 4. The smallest absolute Gasteiger partial charge is 0.310 e. The molecule has 0 radical (unpaired) electrons. The molecule has 3 aromatic rings. The molecule has 0 aliphatic heterocycles. The summed E-state index contributed by atoms with van der Waals surface area (Å²) >= 11 is 5.97. The van der Waals surface area contributed by atoms with E-state index in [2.05, 4.69) is 20.6 Å². The van der Waals surface area contributed by atoms with Gasteiger partial charge in [0.25, 0.3) is 0 Å². The number of rotatable bonds is 5. The quantitative estimate of drug-likeness (QED) is 0.696. The first-order chi connectivity index (χ1) is 11.6. The van der Waals surface area contributed by atoms with Gasteiger partial charge < -0.3 is 15.2 Å². The van der Waals surface area contributed by atoms with Gasteiger partial charge in [0, 0.05) is 31.9 Å². The van der Waals surface area contributed by atoms with Crippen molar-refractivity contribution in [1.29, 1.82) is 0 Å². The Kier molecular flexibility index (Phi) is 4.61. The zero-order valence-electron chi connectivity index (χ0n) is 12.9. The number of aromatic nitrogens is 3. The van der Waals surface area contributed by atoms with Crippen LogP contribution in [0.4, 0.5) is 15.9 Å². The number of carbonyl (C=O) groups is 1. The molecule has 0 spiro atoms. The Hall–Kier alpha value is -2.67. The summed E-state index contributed by atoms with van der Waals surface area (Å²) in [5, 5.41) is 6.85. The predicted octanol–water partition coefficient (Wildman–Crippen LogP) is 3.10. The molecule has 24 heavy (non-hydrogen) atoms. The Morgan fingerprint density at radius 2 is 2.21 bits per heavy atom. The predicted molar refractivity (Wildman–Crippen MR) is 90.9 cm³/mol. The van der Waals surface area contributed by atoms with E-state index in [1.807, 2.05) is 35.0 Å². The van der Waals surface area contributed by atoms with Crippen molar-refractivity contribution in [2.24, 2.45) is 0 Å². The number of anilines is 2. The van der Waals surface area contributed by atoms with E-state index in [9.17, 15) is 9.18 Å². The first kappa shape index (κ1) is 16.2. The summed E-state index contributed by atoms with van der Waals surface area (Å²) in [6.45, 7) is 0.565. The molecule has 0 aliphatic rings. The number of amides is 1. The van der Waals surface area contributed by atoms with Gasteiger partial charge in [0.15, 0.2) is 5.82 Å². The van der Waals surface area contributed by atoms with Gasteiger partial charge in [-0.2, -0.15) is 9.37 Å². The number of aryl methyl sites for hydroxylation is 1. The maximum absolute atomic E-state index is 13.2. The van der Waals surface area contributed by atoms with E-state index < -0.39 is 6.08 Å². The molecular weight excluding hydrogens is 333 g/mol. The lowest BCUT2D eigenvalue weighted by Crippen LogP contribution is -2.19. The summed E-state index contributed by atoms with van der Waals surface area (Å²) in [7, 11) is 1.61. The lowest BCUT2D eigenvalue weighted by atomic mass is 10.2. The van der Waals surface area contributed by atoms with Gasteiger partial charge in [-0.1, -0.05) is 17.7 Å². The van der Waals surface area contributed by atoms with Crippen LogP contribution in [0.1, 0.15) is 6.42 Å². The van der Waals surface area contributed by atoms with Gasteiger partial charge in [0.2, 0.25) is 5.91 Å². The van der Waals surface area contributed by atoms with Crippen molar-refractivity contribution in [2.75, 3.05) is 12.4 Å². The molecule has 0 saturated carbocycles. The van der Waals surface area contributed by atoms with Crippen LogP contribution in [-0.4, -0.2) is 27.5 Å². The van der Waals surface area contributed by atoms with E-state index in [-0.39, 0.29) is 16.7 Å². The van der Waals surface area contributed by atoms with Crippen molar-refractivity contribution in [3.8, 4) is 0 Å². The number of nitrogens with one attached hydrogen (secondary N) is 2. The van der Waals surface area contributed by atoms with Crippen molar-refractivity contribution >= 4 is 39.9 Å². The number of hydrogen-bond donors (Lipinski definition) is 2. The number of halogens is 2. The second kappa shape index (κ2) is 6.84. The van der Waals surface area contributed by atoms with E-state index in [0.29, 0.717) is 18.7 Å². The number of benzene rings is 1. The van der Waals surface area contributed by atoms with Crippen molar-refractivity contribution in [3.05, 3.63) is 47.8 Å². The van der Waals surface area contributed by atoms with E-state index in [1.54, 1.807) is 7.05 Å². The molecule has 8 heteroatoms. The zero-order valence-corrected chi connectivity index (χ0v) is 13.6. The van der Waals surface area contributed by atoms with Gasteiger partial charge in [0.05, 0.1) is 11.7 Å². The van der Waals surface area contributed by atoms with Crippen LogP contribution in [0.15, 0.2) is 36.7 Å². The van der Waals surface area contributed by atoms with Crippen LogP contribution < -0.4 is 10.6 Å². The second-order valence-corrected chi connectivity index (χ2v) is 5.57. The minimum atomic E-state index is -0.850. The van der Waals surface area contributed by atoms with Crippen molar-refractivity contribution in [3.63, 3.8) is 0 Å². The Labute approximate surface area is 142 Å². The maximum Gasteiger partial charge on any atom is 0.310 e. The Balaban J connectivity index is 1.87. The van der Waals surface area contributed by atoms with E-state index in [4.69, 9.17) is 11.6 Å². The standard InChI is InChI=1S/C16H15ClFN5O/c1-19-14(24)5-7-23-6-4-10-2-3-11(8-13(10)23)21-15-12(17)9-20-16(18)22-15/h2-4,6,8-9H,5,7H2,1H3,(H,19,24)(H,20,21,22). The van der Waals surface area contributed by atoms with Crippen molar-refractivity contribution in [1.82, 2.24) is 19.9 Å². The highest BCUT2D eigenvalue weighted by Crippen LogP contribution is 2.26. The van der Waals surface area contributed by atoms with Gasteiger partial charge in [-0.05, 0) is 23.6 Å². The third-order valence-corrected chi connectivity index (χ3v) is 3.89. The summed E-state index contributed by atoms with van der Waals surface area (Å²) in [4.78, 5) is 18.5. The third kappa shape index (κ3) is 3.46. The highest BCUT2D eigenvalue weighted by atomic mass is 35.5. The van der Waals surface area contributed by atoms with Gasteiger partial charge in [-0.15, -0.1) is 0 Å². The molecule has 3 rings (SSSR count). The summed E-state index contributed by atoms with van der Waals surface area (Å²) in [5.41, 5.74) is 1.66. The molecule has 124 valence electrons. The molecule has 2 heterocycles. The van der Waals surface area contributed by atoms with Crippen LogP contribution in [0.2, 0.25) is 5.02 Å². The van der Waals surface area contributed by atoms with Gasteiger partial charge >= 0.3 is 6.08 Å². The minimum Gasteiger partial charge on any atom is -0.359 e. The zero-order chi connectivity index (χ0) is 17.1. The van der Waals surface area contributed by atoms with E-state index in [1.165, 1.54) is 6.20 Å². The fourth-order valence-electron chi connectivity index (χ4n) is 2.37. The Bertz CT molecular complexity index is 895. The lowest BCUT2D eigenvalue weighted by Gasteiger charge is -2.09. The number of nitrogens with zero attached hydrogens (tertiary/aromatic N) is 3. The van der Waals surface area contributed by atoms with E-state index in [0.717, 1.165) is 10.9 Å². The summed E-state index contributed by atoms with van der Waals surface area (Å²) in [6, 6.07) is 7.65. The third-order valence-electron chi connectivity index (χ3n) is 3.61. The average Bonchev–Trinajstić information content (AvgIpc) is 2.98. The lowest BCUT2D eigenvalue weighted by molar-refractivity contribution is -0.120. The average molecular weight is 348 g/mol. The van der Waals surface area contributed by atoms with Crippen LogP contribution >= 0.6 is 11.6 Å². The first-order valence-corrected chi connectivity index (χ1v) is 7.69. The summed E-state index contributed by atoms with van der Waals surface area (Å²) in [6.07, 6.45) is 2.67. The Morgan fingerprint density at radius 1 is 1.38 bits per heavy atom. The van der Waals surface area contributed by atoms with E-state index >= 15 is 0 Å². The minimum absolute atomic E-state index is 0.0191. The molecule has 0 aliphatic carbocycles. The maximum atomic E-state index is 13.2. The molecule has 0 fully saturated rings. The molecule has 0 bridgehead atoms. The van der Waals surface area contributed by atoms with Gasteiger partial charge in [-0.3, -0.25) is 4.79 Å². The topological polar surface area (TPSA) is 71.8 Å². The van der Waals surface area contributed by atoms with Crippen molar-refractivity contribution in [2.45, 2.75) is 13.0 Å². The molecular formula is C16H15ClFN5O. The molecule has 0 saturated heterocycles. The van der Waals surface area contributed by atoms with Crippen LogP contribution in [0.3, 0.4) is 0 Å². The van der Waals surface area contributed by atoms with Crippen LogP contribution in [0.5, 0.6) is 0 Å².